The van der Waals surface area contributed by atoms with Crippen LogP contribution in [0.1, 0.15) is 17.4 Å². The van der Waals surface area contributed by atoms with Gasteiger partial charge in [-0.2, -0.15) is 0 Å². The van der Waals surface area contributed by atoms with Crippen molar-refractivity contribution in [3.63, 3.8) is 0 Å². The number of imidazole rings is 1. The zero-order chi connectivity index (χ0) is 16.4. The zero-order valence-electron chi connectivity index (χ0n) is 13.2. The average molecular weight is 356 g/mol. The van der Waals surface area contributed by atoms with E-state index in [2.05, 4.69) is 15.2 Å². The summed E-state index contributed by atoms with van der Waals surface area (Å²) in [6.07, 6.45) is 3.63. The molecule has 7 nitrogen and oxygen atoms in total. The minimum atomic E-state index is -0.589. The van der Waals surface area contributed by atoms with Crippen LogP contribution in [-0.2, 0) is 13.6 Å². The third kappa shape index (κ3) is 3.72. The molecule has 130 valence electrons. The van der Waals surface area contributed by atoms with Crippen LogP contribution in [0, 0.1) is 15.9 Å². The summed E-state index contributed by atoms with van der Waals surface area (Å²) in [6, 6.07) is 3.85. The Bertz CT molecular complexity index is 724. The molecule has 24 heavy (non-hydrogen) atoms. The number of nitrogens with one attached hydrogen (secondary N) is 1. The molecule has 0 spiro atoms. The van der Waals surface area contributed by atoms with E-state index in [1.807, 2.05) is 17.8 Å². The lowest BCUT2D eigenvalue weighted by Crippen LogP contribution is -2.46. The van der Waals surface area contributed by atoms with Crippen molar-refractivity contribution in [1.82, 2.24) is 19.8 Å². The third-order valence-electron chi connectivity index (χ3n) is 4.13. The molecule has 1 saturated heterocycles. The van der Waals surface area contributed by atoms with Gasteiger partial charge in [-0.1, -0.05) is 0 Å². The topological polar surface area (TPSA) is 76.2 Å². The fraction of sp³-hybridized carbons (Fsp3) is 0.400. The molecule has 1 aliphatic heterocycles. The van der Waals surface area contributed by atoms with Gasteiger partial charge in [-0.05, 0) is 6.07 Å². The van der Waals surface area contributed by atoms with Gasteiger partial charge in [0.15, 0.2) is 0 Å². The zero-order valence-corrected chi connectivity index (χ0v) is 14.0. The number of non-ortho nitro benzene ring substituents is 1. The van der Waals surface area contributed by atoms with E-state index in [1.165, 1.54) is 12.1 Å². The molecule has 0 aliphatic carbocycles. The molecule has 0 amide bonds. The van der Waals surface area contributed by atoms with Crippen LogP contribution in [0.5, 0.6) is 0 Å². The van der Waals surface area contributed by atoms with Crippen LogP contribution in [0.15, 0.2) is 30.6 Å². The highest BCUT2D eigenvalue weighted by Gasteiger charge is 2.27. The molecule has 1 aromatic carbocycles. The Hall–Kier alpha value is -2.03. The van der Waals surface area contributed by atoms with Gasteiger partial charge in [0, 0.05) is 57.3 Å². The quantitative estimate of drug-likeness (QED) is 0.671. The molecule has 3 rings (SSSR count). The van der Waals surface area contributed by atoms with E-state index < -0.39 is 10.7 Å². The van der Waals surface area contributed by atoms with Gasteiger partial charge in [0.05, 0.1) is 17.0 Å². The Kier molecular flexibility index (Phi) is 5.87. The lowest BCUT2D eigenvalue weighted by atomic mass is 10.1. The predicted octanol–water partition coefficient (Wildman–Crippen LogP) is 2.04. The summed E-state index contributed by atoms with van der Waals surface area (Å²) in [5, 5.41) is 14.0. The first-order valence-corrected chi connectivity index (χ1v) is 7.41. The number of nitro groups is 1. The maximum absolute atomic E-state index is 14.1. The Morgan fingerprint density at radius 2 is 2.29 bits per heavy atom. The number of piperazine rings is 1. The predicted molar refractivity (Wildman–Crippen MR) is 89.5 cm³/mol. The number of hydrogen-bond acceptors (Lipinski definition) is 5. The van der Waals surface area contributed by atoms with Crippen molar-refractivity contribution < 1.29 is 9.31 Å². The maximum Gasteiger partial charge on any atom is 0.272 e. The van der Waals surface area contributed by atoms with Crippen LogP contribution < -0.4 is 5.32 Å². The van der Waals surface area contributed by atoms with E-state index >= 15 is 0 Å². The number of nitrogens with zero attached hydrogens (tertiary/aromatic N) is 4. The van der Waals surface area contributed by atoms with Crippen molar-refractivity contribution in [2.45, 2.75) is 12.6 Å². The number of hydrogen-bond donors (Lipinski definition) is 1. The van der Waals surface area contributed by atoms with Crippen LogP contribution in [0.2, 0.25) is 0 Å². The standard InChI is InChI=1S/C15H18FN5O2.ClH/c1-19-6-5-18-15(19)14-9-17-4-7-20(14)10-11-2-3-12(21(22)23)8-13(11)16;/h2-3,5-6,8,14,17H,4,7,9-10H2,1H3;1H. The summed E-state index contributed by atoms with van der Waals surface area (Å²) in [5.41, 5.74) is 0.226. The fourth-order valence-electron chi connectivity index (χ4n) is 2.89. The number of rotatable bonds is 4. The summed E-state index contributed by atoms with van der Waals surface area (Å²) >= 11 is 0. The number of benzene rings is 1. The first-order chi connectivity index (χ1) is 11.1. The Morgan fingerprint density at radius 1 is 1.50 bits per heavy atom. The molecule has 1 aliphatic rings. The molecule has 1 N–H and O–H groups in total. The Balaban J connectivity index is 0.00000208. The van der Waals surface area contributed by atoms with E-state index in [4.69, 9.17) is 0 Å². The smallest absolute Gasteiger partial charge is 0.272 e. The van der Waals surface area contributed by atoms with Crippen LogP contribution in [-0.4, -0.2) is 39.0 Å². The van der Waals surface area contributed by atoms with Crippen molar-refractivity contribution >= 4 is 18.1 Å². The molecule has 9 heteroatoms. The van der Waals surface area contributed by atoms with Gasteiger partial charge in [0.1, 0.15) is 11.6 Å². The van der Waals surface area contributed by atoms with E-state index in [9.17, 15) is 14.5 Å². The lowest BCUT2D eigenvalue weighted by Gasteiger charge is -2.35. The van der Waals surface area contributed by atoms with Gasteiger partial charge in [-0.3, -0.25) is 15.0 Å². The highest BCUT2D eigenvalue weighted by Crippen LogP contribution is 2.25. The molecule has 0 bridgehead atoms. The van der Waals surface area contributed by atoms with Gasteiger partial charge in [-0.15, -0.1) is 12.4 Å². The number of halogens is 2. The lowest BCUT2D eigenvalue weighted by molar-refractivity contribution is -0.385. The highest BCUT2D eigenvalue weighted by atomic mass is 35.5. The molecule has 1 unspecified atom stereocenters. The van der Waals surface area contributed by atoms with Gasteiger partial charge in [-0.25, -0.2) is 9.37 Å². The summed E-state index contributed by atoms with van der Waals surface area (Å²) in [7, 11) is 1.93. The van der Waals surface area contributed by atoms with Crippen LogP contribution in [0.25, 0.3) is 0 Å². The molecule has 1 aromatic heterocycles. The number of nitro benzene ring substituents is 1. The molecule has 0 radical (unpaired) electrons. The third-order valence-corrected chi connectivity index (χ3v) is 4.13. The molecule has 0 saturated carbocycles. The average Bonchev–Trinajstić information content (AvgIpc) is 2.95. The van der Waals surface area contributed by atoms with E-state index in [1.54, 1.807) is 6.20 Å². The number of aromatic nitrogens is 2. The van der Waals surface area contributed by atoms with E-state index in [-0.39, 0.29) is 24.1 Å². The summed E-state index contributed by atoms with van der Waals surface area (Å²) < 4.78 is 16.1. The second kappa shape index (κ2) is 7.69. The maximum atomic E-state index is 14.1. The minimum absolute atomic E-state index is 0. The SMILES string of the molecule is Cl.Cn1ccnc1C1CNCCN1Cc1ccc([N+](=O)[O-])cc1F. The Morgan fingerprint density at radius 3 is 2.92 bits per heavy atom. The first kappa shape index (κ1) is 18.3. The normalized spacial score (nSPS) is 18.2. The van der Waals surface area contributed by atoms with Crippen molar-refractivity contribution in [1.29, 1.82) is 0 Å². The second-order valence-corrected chi connectivity index (χ2v) is 5.62. The molecule has 1 fully saturated rings. The van der Waals surface area contributed by atoms with Crippen molar-refractivity contribution in [3.8, 4) is 0 Å². The van der Waals surface area contributed by atoms with Gasteiger partial charge in [0.25, 0.3) is 5.69 Å². The largest absolute Gasteiger partial charge is 0.337 e. The summed E-state index contributed by atoms with van der Waals surface area (Å²) in [4.78, 5) is 16.7. The van der Waals surface area contributed by atoms with E-state index in [0.717, 1.165) is 31.5 Å². The van der Waals surface area contributed by atoms with Crippen molar-refractivity contribution in [2.24, 2.45) is 7.05 Å². The summed E-state index contributed by atoms with van der Waals surface area (Å²) in [6.45, 7) is 2.70. The first-order valence-electron chi connectivity index (χ1n) is 7.41. The van der Waals surface area contributed by atoms with Crippen LogP contribution in [0.4, 0.5) is 10.1 Å². The van der Waals surface area contributed by atoms with Gasteiger partial charge >= 0.3 is 0 Å². The van der Waals surface area contributed by atoms with Crippen molar-refractivity contribution in [3.05, 3.63) is 57.9 Å². The van der Waals surface area contributed by atoms with Gasteiger partial charge < -0.3 is 9.88 Å². The van der Waals surface area contributed by atoms with Crippen LogP contribution in [0.3, 0.4) is 0 Å². The fourth-order valence-corrected chi connectivity index (χ4v) is 2.89. The molecule has 1 atom stereocenters. The highest BCUT2D eigenvalue weighted by molar-refractivity contribution is 5.85. The molecule has 2 heterocycles. The monoisotopic (exact) mass is 355 g/mol. The molecule has 2 aromatic rings. The van der Waals surface area contributed by atoms with E-state index in [0.29, 0.717) is 12.1 Å². The van der Waals surface area contributed by atoms with Crippen LogP contribution >= 0.6 is 12.4 Å². The second-order valence-electron chi connectivity index (χ2n) is 5.62. The molecular weight excluding hydrogens is 337 g/mol. The Labute approximate surface area is 145 Å². The minimum Gasteiger partial charge on any atom is -0.337 e. The summed E-state index contributed by atoms with van der Waals surface area (Å²) in [5.74, 6) is 0.371. The molecular formula is C15H19ClFN5O2. The number of aryl methyl sites for hydroxylation is 1. The van der Waals surface area contributed by atoms with Gasteiger partial charge in [0.2, 0.25) is 0 Å². The van der Waals surface area contributed by atoms with Crippen molar-refractivity contribution in [2.75, 3.05) is 19.6 Å².